The van der Waals surface area contributed by atoms with E-state index in [1.54, 1.807) is 13.3 Å². The van der Waals surface area contributed by atoms with Crippen molar-refractivity contribution in [1.82, 2.24) is 4.98 Å². The van der Waals surface area contributed by atoms with Crippen LogP contribution in [0.25, 0.3) is 0 Å². The topological polar surface area (TPSA) is 42.4 Å². The third kappa shape index (κ3) is 2.34. The fourth-order valence-corrected chi connectivity index (χ4v) is 3.32. The van der Waals surface area contributed by atoms with Crippen LogP contribution in [0.4, 0.5) is 0 Å². The molecule has 20 heavy (non-hydrogen) atoms. The Kier molecular flexibility index (Phi) is 3.76. The highest BCUT2D eigenvalue weighted by Crippen LogP contribution is 2.42. The summed E-state index contributed by atoms with van der Waals surface area (Å²) in [5.41, 5.74) is 3.12. The molecule has 0 aliphatic heterocycles. The summed E-state index contributed by atoms with van der Waals surface area (Å²) >= 11 is 3.51. The summed E-state index contributed by atoms with van der Waals surface area (Å²) in [5.74, 6) is 0.802. The van der Waals surface area contributed by atoms with Crippen molar-refractivity contribution in [3.63, 3.8) is 0 Å². The number of aliphatic hydroxyl groups is 1. The number of fused-ring (bicyclic) bond motifs is 1. The molecule has 2 atom stereocenters. The Morgan fingerprint density at radius 2 is 2.25 bits per heavy atom. The van der Waals surface area contributed by atoms with Crippen LogP contribution >= 0.6 is 15.9 Å². The Morgan fingerprint density at radius 3 is 3.05 bits per heavy atom. The number of nitrogens with zero attached hydrogens (tertiary/aromatic N) is 1. The Labute approximate surface area is 126 Å². The number of benzene rings is 1. The SMILES string of the molecule is COc1ccc(Br)c(C(O)C2CCc3cccnc32)c1. The van der Waals surface area contributed by atoms with E-state index in [2.05, 4.69) is 27.0 Å². The second kappa shape index (κ2) is 5.54. The van der Waals surface area contributed by atoms with Crippen LogP contribution in [-0.4, -0.2) is 17.2 Å². The van der Waals surface area contributed by atoms with Crippen molar-refractivity contribution in [3.05, 3.63) is 57.8 Å². The van der Waals surface area contributed by atoms with Gasteiger partial charge in [-0.05, 0) is 48.2 Å². The average molecular weight is 334 g/mol. The summed E-state index contributed by atoms with van der Waals surface area (Å²) in [6.07, 6.45) is 3.13. The molecule has 1 aromatic carbocycles. The quantitative estimate of drug-likeness (QED) is 0.932. The highest BCUT2D eigenvalue weighted by molar-refractivity contribution is 9.10. The largest absolute Gasteiger partial charge is 0.497 e. The van der Waals surface area contributed by atoms with E-state index >= 15 is 0 Å². The van der Waals surface area contributed by atoms with Gasteiger partial charge in [0, 0.05) is 22.3 Å². The van der Waals surface area contributed by atoms with Crippen LogP contribution in [-0.2, 0) is 6.42 Å². The lowest BCUT2D eigenvalue weighted by Crippen LogP contribution is -2.10. The molecular weight excluding hydrogens is 318 g/mol. The number of halogens is 1. The maximum atomic E-state index is 10.7. The second-order valence-electron chi connectivity index (χ2n) is 5.03. The molecule has 4 heteroatoms. The lowest BCUT2D eigenvalue weighted by Gasteiger charge is -2.20. The number of hydrogen-bond acceptors (Lipinski definition) is 3. The number of pyridine rings is 1. The second-order valence-corrected chi connectivity index (χ2v) is 5.88. The number of aromatic nitrogens is 1. The summed E-state index contributed by atoms with van der Waals surface area (Å²) in [6, 6.07) is 9.72. The van der Waals surface area contributed by atoms with Crippen molar-refractivity contribution in [2.75, 3.05) is 7.11 Å². The number of hydrogen-bond donors (Lipinski definition) is 1. The van der Waals surface area contributed by atoms with E-state index < -0.39 is 6.10 Å². The van der Waals surface area contributed by atoms with E-state index in [9.17, 15) is 5.11 Å². The lowest BCUT2D eigenvalue weighted by atomic mass is 9.93. The average Bonchev–Trinajstić information content (AvgIpc) is 2.91. The zero-order chi connectivity index (χ0) is 14.1. The van der Waals surface area contributed by atoms with Gasteiger partial charge in [-0.15, -0.1) is 0 Å². The van der Waals surface area contributed by atoms with Crippen LogP contribution in [0, 0.1) is 0 Å². The van der Waals surface area contributed by atoms with Crippen molar-refractivity contribution >= 4 is 15.9 Å². The van der Waals surface area contributed by atoms with E-state index in [4.69, 9.17) is 4.74 Å². The lowest BCUT2D eigenvalue weighted by molar-refractivity contribution is 0.142. The summed E-state index contributed by atoms with van der Waals surface area (Å²) in [7, 11) is 1.63. The maximum absolute atomic E-state index is 10.7. The maximum Gasteiger partial charge on any atom is 0.119 e. The zero-order valence-corrected chi connectivity index (χ0v) is 12.8. The highest BCUT2D eigenvalue weighted by atomic mass is 79.9. The molecule has 1 heterocycles. The number of aliphatic hydroxyl groups excluding tert-OH is 1. The molecule has 3 nitrogen and oxygen atoms in total. The first-order valence-corrected chi connectivity index (χ1v) is 7.45. The van der Waals surface area contributed by atoms with Crippen molar-refractivity contribution in [2.45, 2.75) is 24.9 Å². The van der Waals surface area contributed by atoms with Gasteiger partial charge in [-0.2, -0.15) is 0 Å². The molecule has 0 saturated heterocycles. The van der Waals surface area contributed by atoms with Gasteiger partial charge in [0.05, 0.1) is 13.2 Å². The van der Waals surface area contributed by atoms with Gasteiger partial charge in [0.15, 0.2) is 0 Å². The first kappa shape index (κ1) is 13.6. The number of methoxy groups -OCH3 is 1. The molecule has 1 aromatic heterocycles. The smallest absolute Gasteiger partial charge is 0.119 e. The molecule has 1 N–H and O–H groups in total. The van der Waals surface area contributed by atoms with Gasteiger partial charge in [-0.1, -0.05) is 22.0 Å². The molecule has 0 radical (unpaired) electrons. The van der Waals surface area contributed by atoms with E-state index in [-0.39, 0.29) is 5.92 Å². The van der Waals surface area contributed by atoms with E-state index in [1.165, 1.54) is 5.56 Å². The molecule has 2 unspecified atom stereocenters. The number of aryl methyl sites for hydroxylation is 1. The van der Waals surface area contributed by atoms with Gasteiger partial charge in [-0.25, -0.2) is 0 Å². The molecule has 0 spiro atoms. The van der Waals surface area contributed by atoms with Crippen molar-refractivity contribution < 1.29 is 9.84 Å². The summed E-state index contributed by atoms with van der Waals surface area (Å²) in [5, 5.41) is 10.7. The third-order valence-corrected chi connectivity index (χ3v) is 4.63. The molecule has 3 rings (SSSR count). The van der Waals surface area contributed by atoms with E-state index in [0.717, 1.165) is 34.3 Å². The first-order valence-electron chi connectivity index (χ1n) is 6.66. The van der Waals surface area contributed by atoms with Crippen LogP contribution in [0.5, 0.6) is 5.75 Å². The van der Waals surface area contributed by atoms with Crippen molar-refractivity contribution in [2.24, 2.45) is 0 Å². The first-order chi connectivity index (χ1) is 9.70. The standard InChI is InChI=1S/C16H16BrNO2/c1-20-11-5-7-14(17)13(9-11)16(19)12-6-4-10-3-2-8-18-15(10)12/h2-3,5,7-9,12,16,19H,4,6H2,1H3. The van der Waals surface area contributed by atoms with Crippen LogP contribution in [0.1, 0.15) is 35.3 Å². The molecule has 1 aliphatic carbocycles. The van der Waals surface area contributed by atoms with E-state index in [1.807, 2.05) is 24.3 Å². The minimum Gasteiger partial charge on any atom is -0.497 e. The van der Waals surface area contributed by atoms with Gasteiger partial charge in [0.25, 0.3) is 0 Å². The fraction of sp³-hybridized carbons (Fsp3) is 0.312. The molecule has 1 aliphatic rings. The summed E-state index contributed by atoms with van der Waals surface area (Å²) in [4.78, 5) is 4.45. The van der Waals surface area contributed by atoms with Gasteiger partial charge < -0.3 is 9.84 Å². The summed E-state index contributed by atoms with van der Waals surface area (Å²) < 4.78 is 6.14. The fourth-order valence-electron chi connectivity index (χ4n) is 2.84. The summed E-state index contributed by atoms with van der Waals surface area (Å²) in [6.45, 7) is 0. The number of ether oxygens (including phenoxy) is 1. The predicted octanol–water partition coefficient (Wildman–Crippen LogP) is 3.62. The van der Waals surface area contributed by atoms with Gasteiger partial charge in [-0.3, -0.25) is 4.98 Å². The van der Waals surface area contributed by atoms with Crippen molar-refractivity contribution in [3.8, 4) is 5.75 Å². The molecule has 0 fully saturated rings. The van der Waals surface area contributed by atoms with Crippen molar-refractivity contribution in [1.29, 1.82) is 0 Å². The Bertz CT molecular complexity index is 630. The molecule has 0 saturated carbocycles. The van der Waals surface area contributed by atoms with Crippen LogP contribution in [0.2, 0.25) is 0 Å². The van der Waals surface area contributed by atoms with E-state index in [0.29, 0.717) is 0 Å². The van der Waals surface area contributed by atoms with Gasteiger partial charge >= 0.3 is 0 Å². The molecule has 0 bridgehead atoms. The Balaban J connectivity index is 1.96. The van der Waals surface area contributed by atoms with Crippen LogP contribution in [0.15, 0.2) is 41.0 Å². The Hall–Kier alpha value is -1.39. The third-order valence-electron chi connectivity index (χ3n) is 3.90. The van der Waals surface area contributed by atoms with Gasteiger partial charge in [0.1, 0.15) is 5.75 Å². The monoisotopic (exact) mass is 333 g/mol. The highest BCUT2D eigenvalue weighted by Gasteiger charge is 2.31. The molecule has 2 aromatic rings. The van der Waals surface area contributed by atoms with Gasteiger partial charge in [0.2, 0.25) is 0 Å². The molecule has 104 valence electrons. The zero-order valence-electron chi connectivity index (χ0n) is 11.2. The predicted molar refractivity (Wildman–Crippen MR) is 81.0 cm³/mol. The minimum absolute atomic E-state index is 0.0506. The Morgan fingerprint density at radius 1 is 1.40 bits per heavy atom. The van der Waals surface area contributed by atoms with Crippen LogP contribution < -0.4 is 4.74 Å². The normalized spacial score (nSPS) is 18.6. The molecular formula is C16H16BrNO2. The molecule has 0 amide bonds. The number of rotatable bonds is 3. The van der Waals surface area contributed by atoms with Crippen LogP contribution in [0.3, 0.4) is 0 Å². The minimum atomic E-state index is -0.573.